The minimum Gasteiger partial charge on any atom is -0.497 e. The number of piperidine rings is 1. The molecule has 2 bridgehead atoms. The van der Waals surface area contributed by atoms with Gasteiger partial charge in [-0.1, -0.05) is 23.3 Å². The first kappa shape index (κ1) is 14.8. The van der Waals surface area contributed by atoms with Gasteiger partial charge in [-0.15, -0.1) is 0 Å². The quantitative estimate of drug-likeness (QED) is 0.793. The van der Waals surface area contributed by atoms with E-state index in [0.717, 1.165) is 24.2 Å². The zero-order chi connectivity index (χ0) is 15.8. The lowest BCUT2D eigenvalue weighted by Crippen LogP contribution is -2.45. The first-order chi connectivity index (χ1) is 11.2. The van der Waals surface area contributed by atoms with Crippen LogP contribution in [0.2, 0.25) is 0 Å². The number of hydrogen-bond acceptors (Lipinski definition) is 2. The van der Waals surface area contributed by atoms with Crippen LogP contribution in [0.4, 0.5) is 0 Å². The fourth-order valence-electron chi connectivity index (χ4n) is 4.47. The van der Waals surface area contributed by atoms with Crippen LogP contribution in [0.3, 0.4) is 0 Å². The molecule has 23 heavy (non-hydrogen) atoms. The van der Waals surface area contributed by atoms with E-state index in [9.17, 15) is 4.79 Å². The van der Waals surface area contributed by atoms with Crippen molar-refractivity contribution < 1.29 is 9.53 Å². The highest BCUT2D eigenvalue weighted by Gasteiger charge is 2.41. The lowest BCUT2D eigenvalue weighted by molar-refractivity contribution is -0.134. The summed E-state index contributed by atoms with van der Waals surface area (Å²) in [6.07, 6.45) is 9.13. The van der Waals surface area contributed by atoms with E-state index in [-0.39, 0.29) is 0 Å². The molecule has 2 aliphatic heterocycles. The van der Waals surface area contributed by atoms with Crippen molar-refractivity contribution in [3.05, 3.63) is 41.0 Å². The summed E-state index contributed by atoms with van der Waals surface area (Å²) in [6.45, 7) is 0. The van der Waals surface area contributed by atoms with Crippen LogP contribution in [0.1, 0.15) is 50.5 Å². The number of ether oxygens (including phenoxy) is 1. The molecule has 2 atom stereocenters. The van der Waals surface area contributed by atoms with E-state index in [1.807, 2.05) is 24.3 Å². The van der Waals surface area contributed by atoms with E-state index in [0.29, 0.717) is 24.4 Å². The van der Waals surface area contributed by atoms with Gasteiger partial charge in [-0.05, 0) is 62.6 Å². The summed E-state index contributed by atoms with van der Waals surface area (Å²) in [7, 11) is 1.67. The van der Waals surface area contributed by atoms with Crippen molar-refractivity contribution in [2.24, 2.45) is 0 Å². The standard InChI is InChI=1S/C20H25NO2/c1-23-19-7-2-4-14(10-19)11-20(22)21-17-8-9-18(21)13-16(12-17)15-5-3-6-15/h2,4,7,10,17-18H,3,5-6,8-9,11-13H2,1H3. The largest absolute Gasteiger partial charge is 0.497 e. The SMILES string of the molecule is COc1cccc(CC(=O)N2C3CCC2CC(=C2CCC2)C3)c1. The van der Waals surface area contributed by atoms with E-state index in [4.69, 9.17) is 4.74 Å². The molecule has 3 nitrogen and oxygen atoms in total. The van der Waals surface area contributed by atoms with Crippen LogP contribution in [-0.4, -0.2) is 30.0 Å². The fraction of sp³-hybridized carbons (Fsp3) is 0.550. The molecule has 1 aromatic carbocycles. The number of methoxy groups -OCH3 is 1. The maximum Gasteiger partial charge on any atom is 0.227 e. The van der Waals surface area contributed by atoms with Crippen LogP contribution in [-0.2, 0) is 11.2 Å². The van der Waals surface area contributed by atoms with Crippen molar-refractivity contribution in [2.45, 2.75) is 63.5 Å². The maximum absolute atomic E-state index is 12.9. The molecular weight excluding hydrogens is 286 g/mol. The monoisotopic (exact) mass is 311 g/mol. The number of amides is 1. The molecular formula is C20H25NO2. The Morgan fingerprint density at radius 1 is 1.17 bits per heavy atom. The summed E-state index contributed by atoms with van der Waals surface area (Å²) >= 11 is 0. The van der Waals surface area contributed by atoms with Crippen LogP contribution in [0, 0.1) is 0 Å². The number of rotatable bonds is 3. The summed E-state index contributed by atoms with van der Waals surface area (Å²) in [5.74, 6) is 1.12. The van der Waals surface area contributed by atoms with Crippen molar-refractivity contribution in [3.8, 4) is 5.75 Å². The van der Waals surface area contributed by atoms with Gasteiger partial charge in [-0.3, -0.25) is 4.79 Å². The van der Waals surface area contributed by atoms with Crippen molar-refractivity contribution in [3.63, 3.8) is 0 Å². The topological polar surface area (TPSA) is 29.5 Å². The first-order valence-corrected chi connectivity index (χ1v) is 8.88. The number of benzene rings is 1. The zero-order valence-corrected chi connectivity index (χ0v) is 13.9. The van der Waals surface area contributed by atoms with E-state index < -0.39 is 0 Å². The average molecular weight is 311 g/mol. The van der Waals surface area contributed by atoms with Gasteiger partial charge in [0.25, 0.3) is 0 Å². The summed E-state index contributed by atoms with van der Waals surface area (Å²) in [4.78, 5) is 15.1. The maximum atomic E-state index is 12.9. The number of carbonyl (C=O) groups is 1. The third kappa shape index (κ3) is 2.77. The third-order valence-electron chi connectivity index (χ3n) is 5.82. The van der Waals surface area contributed by atoms with Gasteiger partial charge in [0.2, 0.25) is 5.91 Å². The van der Waals surface area contributed by atoms with Crippen molar-refractivity contribution >= 4 is 5.91 Å². The molecule has 1 aliphatic carbocycles. The van der Waals surface area contributed by atoms with Crippen LogP contribution < -0.4 is 4.74 Å². The highest BCUT2D eigenvalue weighted by Crippen LogP contribution is 2.43. The highest BCUT2D eigenvalue weighted by molar-refractivity contribution is 5.80. The Balaban J connectivity index is 1.47. The van der Waals surface area contributed by atoms with Crippen LogP contribution in [0.25, 0.3) is 0 Å². The molecule has 122 valence electrons. The Bertz CT molecular complexity index is 627. The van der Waals surface area contributed by atoms with Gasteiger partial charge in [0.05, 0.1) is 13.5 Å². The highest BCUT2D eigenvalue weighted by atomic mass is 16.5. The number of nitrogens with zero attached hydrogens (tertiary/aromatic N) is 1. The van der Waals surface area contributed by atoms with Crippen molar-refractivity contribution in [1.29, 1.82) is 0 Å². The Labute approximate surface area is 138 Å². The molecule has 3 aliphatic rings. The van der Waals surface area contributed by atoms with Crippen LogP contribution in [0.5, 0.6) is 5.75 Å². The van der Waals surface area contributed by atoms with Gasteiger partial charge in [-0.25, -0.2) is 0 Å². The summed E-state index contributed by atoms with van der Waals surface area (Å²) in [5.41, 5.74) is 4.45. The van der Waals surface area contributed by atoms with Crippen molar-refractivity contribution in [2.75, 3.05) is 7.11 Å². The minimum absolute atomic E-state index is 0.295. The van der Waals surface area contributed by atoms with Gasteiger partial charge in [0.1, 0.15) is 5.75 Å². The van der Waals surface area contributed by atoms with E-state index in [1.165, 1.54) is 32.1 Å². The molecule has 2 saturated heterocycles. The molecule has 1 saturated carbocycles. The lowest BCUT2D eigenvalue weighted by Gasteiger charge is -2.38. The molecule has 3 fully saturated rings. The average Bonchev–Trinajstić information content (AvgIpc) is 2.77. The molecule has 2 unspecified atom stereocenters. The molecule has 1 aromatic rings. The fourth-order valence-corrected chi connectivity index (χ4v) is 4.47. The molecule has 0 spiro atoms. The molecule has 2 heterocycles. The van der Waals surface area contributed by atoms with Crippen LogP contribution >= 0.6 is 0 Å². The predicted octanol–water partition coefficient (Wildman–Crippen LogP) is 3.87. The van der Waals surface area contributed by atoms with E-state index in [2.05, 4.69) is 4.90 Å². The van der Waals surface area contributed by atoms with Crippen molar-refractivity contribution in [1.82, 2.24) is 4.90 Å². The summed E-state index contributed by atoms with van der Waals surface area (Å²) < 4.78 is 5.26. The second-order valence-corrected chi connectivity index (χ2v) is 7.18. The van der Waals surface area contributed by atoms with E-state index in [1.54, 1.807) is 18.3 Å². The number of carbonyl (C=O) groups excluding carboxylic acids is 1. The summed E-state index contributed by atoms with van der Waals surface area (Å²) in [6, 6.07) is 8.80. The Morgan fingerprint density at radius 2 is 1.91 bits per heavy atom. The Hall–Kier alpha value is -1.77. The third-order valence-corrected chi connectivity index (χ3v) is 5.82. The number of hydrogen-bond donors (Lipinski definition) is 0. The van der Waals surface area contributed by atoms with Gasteiger partial charge < -0.3 is 9.64 Å². The Morgan fingerprint density at radius 3 is 2.52 bits per heavy atom. The van der Waals surface area contributed by atoms with Gasteiger partial charge in [0, 0.05) is 12.1 Å². The summed E-state index contributed by atoms with van der Waals surface area (Å²) in [5, 5.41) is 0. The smallest absolute Gasteiger partial charge is 0.227 e. The van der Waals surface area contributed by atoms with Gasteiger partial charge in [-0.2, -0.15) is 0 Å². The molecule has 0 N–H and O–H groups in total. The number of allylic oxidation sites excluding steroid dienone is 1. The minimum atomic E-state index is 0.295. The predicted molar refractivity (Wildman–Crippen MR) is 90.5 cm³/mol. The normalized spacial score (nSPS) is 26.2. The first-order valence-electron chi connectivity index (χ1n) is 8.88. The molecule has 4 rings (SSSR count). The molecule has 1 amide bonds. The van der Waals surface area contributed by atoms with Gasteiger partial charge in [0.15, 0.2) is 0 Å². The molecule has 0 aromatic heterocycles. The van der Waals surface area contributed by atoms with E-state index >= 15 is 0 Å². The zero-order valence-electron chi connectivity index (χ0n) is 13.9. The van der Waals surface area contributed by atoms with Gasteiger partial charge >= 0.3 is 0 Å². The second-order valence-electron chi connectivity index (χ2n) is 7.18. The molecule has 0 radical (unpaired) electrons. The number of fused-ring (bicyclic) bond motifs is 2. The lowest BCUT2D eigenvalue weighted by atomic mass is 9.82. The second kappa shape index (κ2) is 6.03. The van der Waals surface area contributed by atoms with Crippen LogP contribution in [0.15, 0.2) is 35.4 Å². The Kier molecular flexibility index (Phi) is 3.88. The molecule has 3 heteroatoms.